The molecule has 3 rings (SSSR count). The van der Waals surface area contributed by atoms with Crippen molar-refractivity contribution in [3.05, 3.63) is 107 Å². The third-order valence-corrected chi connectivity index (χ3v) is 7.03. The molecule has 1 N–H and O–H groups in total. The summed E-state index contributed by atoms with van der Waals surface area (Å²) in [4.78, 5) is 28.9. The normalized spacial score (nSPS) is 11.8. The summed E-state index contributed by atoms with van der Waals surface area (Å²) >= 11 is 1.75. The van der Waals surface area contributed by atoms with E-state index in [1.165, 1.54) is 11.1 Å². The minimum absolute atomic E-state index is 0.0109. The summed E-state index contributed by atoms with van der Waals surface area (Å²) in [6, 6.07) is 27.9. The van der Waals surface area contributed by atoms with Crippen LogP contribution in [0.3, 0.4) is 0 Å². The van der Waals surface area contributed by atoms with Crippen molar-refractivity contribution in [2.75, 3.05) is 12.3 Å². The molecule has 0 aliphatic carbocycles. The minimum atomic E-state index is -0.570. The first-order valence-corrected chi connectivity index (χ1v) is 13.9. The lowest BCUT2D eigenvalue weighted by atomic mass is 10.0. The van der Waals surface area contributed by atoms with Crippen molar-refractivity contribution in [1.82, 2.24) is 10.2 Å². The van der Waals surface area contributed by atoms with E-state index in [0.29, 0.717) is 37.6 Å². The second-order valence-electron chi connectivity index (χ2n) is 9.64. The van der Waals surface area contributed by atoms with Gasteiger partial charge in [0.25, 0.3) is 0 Å². The highest BCUT2D eigenvalue weighted by Crippen LogP contribution is 2.19. The number of nitrogens with zero attached hydrogens (tertiary/aromatic N) is 1. The highest BCUT2D eigenvalue weighted by molar-refractivity contribution is 7.98. The van der Waals surface area contributed by atoms with Crippen LogP contribution in [0.4, 0.5) is 0 Å². The summed E-state index contributed by atoms with van der Waals surface area (Å²) in [5.41, 5.74) is 4.49. The molecule has 1 atom stereocenters. The van der Waals surface area contributed by atoms with Crippen LogP contribution in [-0.2, 0) is 28.3 Å². The van der Waals surface area contributed by atoms with E-state index in [-0.39, 0.29) is 11.8 Å². The van der Waals surface area contributed by atoms with E-state index < -0.39 is 6.04 Å². The number of benzene rings is 3. The summed E-state index contributed by atoms with van der Waals surface area (Å²) in [6.45, 7) is 7.20. The maximum Gasteiger partial charge on any atom is 0.243 e. The Morgan fingerprint density at radius 2 is 1.44 bits per heavy atom. The predicted molar refractivity (Wildman–Crippen MR) is 151 cm³/mol. The molecule has 0 saturated carbocycles. The standard InChI is InChI=1S/C31H38N2O2S/c1-24(2)21-32-31(35)29(20-26-10-6-4-7-11-26)33(22-27-16-14-25(3)15-17-27)30(34)18-19-36-23-28-12-8-5-9-13-28/h4-17,24,29H,18-23H2,1-3H3,(H,32,35)/t29-/m1/s1. The monoisotopic (exact) mass is 502 g/mol. The second-order valence-corrected chi connectivity index (χ2v) is 10.7. The fourth-order valence-electron chi connectivity index (χ4n) is 3.93. The Labute approximate surface area is 220 Å². The van der Waals surface area contributed by atoms with E-state index in [4.69, 9.17) is 0 Å². The number of hydrogen-bond donors (Lipinski definition) is 1. The van der Waals surface area contributed by atoms with Crippen molar-refractivity contribution in [3.63, 3.8) is 0 Å². The number of aryl methyl sites for hydroxylation is 1. The number of nitrogens with one attached hydrogen (secondary N) is 1. The predicted octanol–water partition coefficient (Wildman–Crippen LogP) is 6.03. The fraction of sp³-hybridized carbons (Fsp3) is 0.355. The summed E-state index contributed by atoms with van der Waals surface area (Å²) in [5, 5.41) is 3.08. The molecular formula is C31H38N2O2S. The Bertz CT molecular complexity index is 1070. The zero-order chi connectivity index (χ0) is 25.8. The number of carbonyl (C=O) groups is 2. The largest absolute Gasteiger partial charge is 0.354 e. The van der Waals surface area contributed by atoms with Crippen LogP contribution in [0.2, 0.25) is 0 Å². The number of hydrogen-bond acceptors (Lipinski definition) is 3. The van der Waals surface area contributed by atoms with Crippen LogP contribution in [-0.4, -0.2) is 35.1 Å². The van der Waals surface area contributed by atoms with Crippen LogP contribution < -0.4 is 5.32 Å². The van der Waals surface area contributed by atoms with Crippen molar-refractivity contribution in [2.45, 2.75) is 52.0 Å². The summed E-state index contributed by atoms with van der Waals surface area (Å²) < 4.78 is 0. The third kappa shape index (κ3) is 9.19. The van der Waals surface area contributed by atoms with Gasteiger partial charge in [-0.25, -0.2) is 0 Å². The van der Waals surface area contributed by atoms with Crippen LogP contribution in [0.1, 0.15) is 42.5 Å². The lowest BCUT2D eigenvalue weighted by Crippen LogP contribution is -2.51. The van der Waals surface area contributed by atoms with Crippen LogP contribution >= 0.6 is 11.8 Å². The van der Waals surface area contributed by atoms with Gasteiger partial charge in [0.2, 0.25) is 11.8 Å². The van der Waals surface area contributed by atoms with Crippen molar-refractivity contribution >= 4 is 23.6 Å². The highest BCUT2D eigenvalue weighted by Gasteiger charge is 2.30. The molecule has 0 saturated heterocycles. The molecule has 0 radical (unpaired) electrons. The lowest BCUT2D eigenvalue weighted by molar-refractivity contribution is -0.141. The van der Waals surface area contributed by atoms with Gasteiger partial charge in [0, 0.05) is 37.4 Å². The number of amides is 2. The fourth-order valence-corrected chi connectivity index (χ4v) is 4.83. The Balaban J connectivity index is 1.78. The molecular weight excluding hydrogens is 464 g/mol. The van der Waals surface area contributed by atoms with Gasteiger partial charge in [0.1, 0.15) is 6.04 Å². The van der Waals surface area contributed by atoms with E-state index in [1.807, 2.05) is 67.6 Å². The SMILES string of the molecule is Cc1ccc(CN(C(=O)CCSCc2ccccc2)[C@H](Cc2ccccc2)C(=O)NCC(C)C)cc1. The number of carbonyl (C=O) groups excluding carboxylic acids is 2. The zero-order valence-electron chi connectivity index (χ0n) is 21.7. The van der Waals surface area contributed by atoms with Crippen molar-refractivity contribution in [3.8, 4) is 0 Å². The summed E-state index contributed by atoms with van der Waals surface area (Å²) in [6.07, 6.45) is 0.881. The van der Waals surface area contributed by atoms with Crippen LogP contribution in [0.25, 0.3) is 0 Å². The first kappa shape index (κ1) is 27.5. The van der Waals surface area contributed by atoms with Gasteiger partial charge in [-0.15, -0.1) is 0 Å². The van der Waals surface area contributed by atoms with Gasteiger partial charge in [-0.05, 0) is 29.5 Å². The maximum absolute atomic E-state index is 13.6. The van der Waals surface area contributed by atoms with Gasteiger partial charge in [0.15, 0.2) is 0 Å². The van der Waals surface area contributed by atoms with Crippen LogP contribution in [0.5, 0.6) is 0 Å². The van der Waals surface area contributed by atoms with Gasteiger partial charge in [0.05, 0.1) is 0 Å². The molecule has 0 aromatic heterocycles. The van der Waals surface area contributed by atoms with Gasteiger partial charge in [-0.2, -0.15) is 11.8 Å². The molecule has 5 heteroatoms. The maximum atomic E-state index is 13.6. The van der Waals surface area contributed by atoms with E-state index in [1.54, 1.807) is 16.7 Å². The second kappa shape index (κ2) is 14.5. The van der Waals surface area contributed by atoms with Gasteiger partial charge < -0.3 is 10.2 Å². The van der Waals surface area contributed by atoms with Gasteiger partial charge in [-0.1, -0.05) is 104 Å². The molecule has 0 aliphatic heterocycles. The van der Waals surface area contributed by atoms with E-state index in [0.717, 1.165) is 16.9 Å². The minimum Gasteiger partial charge on any atom is -0.354 e. The molecule has 36 heavy (non-hydrogen) atoms. The third-order valence-electron chi connectivity index (χ3n) is 6.00. The molecule has 0 spiro atoms. The number of rotatable bonds is 13. The summed E-state index contributed by atoms with van der Waals surface area (Å²) in [5.74, 6) is 1.83. The molecule has 2 amide bonds. The molecule has 4 nitrogen and oxygen atoms in total. The van der Waals surface area contributed by atoms with Crippen molar-refractivity contribution in [1.29, 1.82) is 0 Å². The van der Waals surface area contributed by atoms with Crippen molar-refractivity contribution in [2.24, 2.45) is 5.92 Å². The Morgan fingerprint density at radius 1 is 0.833 bits per heavy atom. The lowest BCUT2D eigenvalue weighted by Gasteiger charge is -2.32. The molecule has 0 heterocycles. The average Bonchev–Trinajstić information content (AvgIpc) is 2.89. The molecule has 0 unspecified atom stereocenters. The Hall–Kier alpha value is -3.05. The average molecular weight is 503 g/mol. The Kier molecular flexibility index (Phi) is 11.1. The smallest absolute Gasteiger partial charge is 0.243 e. The topological polar surface area (TPSA) is 49.4 Å². The van der Waals surface area contributed by atoms with Crippen LogP contribution in [0, 0.1) is 12.8 Å². The van der Waals surface area contributed by atoms with E-state index in [9.17, 15) is 9.59 Å². The van der Waals surface area contributed by atoms with Gasteiger partial charge in [-0.3, -0.25) is 9.59 Å². The molecule has 0 aliphatic rings. The quantitative estimate of drug-likeness (QED) is 0.290. The zero-order valence-corrected chi connectivity index (χ0v) is 22.5. The summed E-state index contributed by atoms with van der Waals surface area (Å²) in [7, 11) is 0. The highest BCUT2D eigenvalue weighted by atomic mass is 32.2. The van der Waals surface area contributed by atoms with E-state index in [2.05, 4.69) is 43.4 Å². The molecule has 3 aromatic rings. The van der Waals surface area contributed by atoms with Gasteiger partial charge >= 0.3 is 0 Å². The number of thioether (sulfide) groups is 1. The first-order valence-electron chi connectivity index (χ1n) is 12.7. The van der Waals surface area contributed by atoms with E-state index >= 15 is 0 Å². The van der Waals surface area contributed by atoms with Crippen molar-refractivity contribution < 1.29 is 9.59 Å². The Morgan fingerprint density at radius 3 is 2.06 bits per heavy atom. The first-order chi connectivity index (χ1) is 17.4. The molecule has 0 fully saturated rings. The molecule has 0 bridgehead atoms. The molecule has 190 valence electrons. The molecule has 3 aromatic carbocycles. The van der Waals surface area contributed by atoms with Crippen LogP contribution in [0.15, 0.2) is 84.9 Å².